The van der Waals surface area contributed by atoms with Crippen molar-refractivity contribution in [2.75, 3.05) is 4.72 Å². The van der Waals surface area contributed by atoms with Crippen LogP contribution in [0.5, 0.6) is 0 Å². The summed E-state index contributed by atoms with van der Waals surface area (Å²) in [5.74, 6) is -0.00707. The van der Waals surface area contributed by atoms with Crippen molar-refractivity contribution in [3.63, 3.8) is 0 Å². The number of nitrogens with one attached hydrogen (secondary N) is 1. The highest BCUT2D eigenvalue weighted by molar-refractivity contribution is 7.98. The maximum absolute atomic E-state index is 13.7. The molecule has 0 unspecified atom stereocenters. The van der Waals surface area contributed by atoms with E-state index in [1.807, 2.05) is 30.5 Å². The lowest BCUT2D eigenvalue weighted by molar-refractivity contribution is 0.570. The zero-order valence-electron chi connectivity index (χ0n) is 13.1. The Hall–Kier alpha value is -2.38. The molecule has 1 aromatic heterocycles. The molecule has 0 spiro atoms. The highest BCUT2D eigenvalue weighted by Crippen LogP contribution is 2.25. The van der Waals surface area contributed by atoms with Crippen molar-refractivity contribution in [1.29, 1.82) is 0 Å². The summed E-state index contributed by atoms with van der Waals surface area (Å²) in [7, 11) is -3.95. The van der Waals surface area contributed by atoms with Gasteiger partial charge in [-0.2, -0.15) is 0 Å². The van der Waals surface area contributed by atoms with E-state index in [1.165, 1.54) is 18.2 Å². The lowest BCUT2D eigenvalue weighted by atomic mass is 10.3. The predicted molar refractivity (Wildman–Crippen MR) is 97.4 cm³/mol. The standard InChI is InChI=1S/C18H15FN2O2S2/c19-17-5-1-2-6-18(17)25(22,23)21-15-7-9-16(10-8-15)24-13-14-4-3-11-20-12-14/h1-12,21H,13H2. The molecule has 0 fully saturated rings. The Kier molecular flexibility index (Phi) is 5.35. The molecule has 0 saturated carbocycles. The van der Waals surface area contributed by atoms with Crippen molar-refractivity contribution >= 4 is 27.5 Å². The lowest BCUT2D eigenvalue weighted by Gasteiger charge is -2.09. The molecule has 0 amide bonds. The fourth-order valence-electron chi connectivity index (χ4n) is 2.14. The Morgan fingerprint density at radius 3 is 2.44 bits per heavy atom. The second kappa shape index (κ2) is 7.67. The van der Waals surface area contributed by atoms with Crippen LogP contribution in [0.1, 0.15) is 5.56 Å². The molecule has 4 nitrogen and oxygen atoms in total. The summed E-state index contributed by atoms with van der Waals surface area (Å²) in [6.45, 7) is 0. The van der Waals surface area contributed by atoms with Crippen molar-refractivity contribution < 1.29 is 12.8 Å². The summed E-state index contributed by atoms with van der Waals surface area (Å²) >= 11 is 1.62. The normalized spacial score (nSPS) is 11.2. The van der Waals surface area contributed by atoms with Gasteiger partial charge in [0.15, 0.2) is 0 Å². The van der Waals surface area contributed by atoms with E-state index in [-0.39, 0.29) is 4.90 Å². The summed E-state index contributed by atoms with van der Waals surface area (Å²) in [4.78, 5) is 4.69. The van der Waals surface area contributed by atoms with E-state index < -0.39 is 15.8 Å². The van der Waals surface area contributed by atoms with Crippen LogP contribution in [0, 0.1) is 5.82 Å². The molecule has 0 bridgehead atoms. The molecular weight excluding hydrogens is 359 g/mol. The van der Waals surface area contributed by atoms with Gasteiger partial charge in [0.25, 0.3) is 10.0 Å². The number of nitrogens with zero attached hydrogens (tertiary/aromatic N) is 1. The van der Waals surface area contributed by atoms with Crippen molar-refractivity contribution in [2.45, 2.75) is 15.5 Å². The number of rotatable bonds is 6. The molecular formula is C18H15FN2O2S2. The molecule has 0 aliphatic carbocycles. The van der Waals surface area contributed by atoms with E-state index in [0.717, 1.165) is 22.3 Å². The molecule has 0 atom stereocenters. The Balaban J connectivity index is 1.67. The van der Waals surface area contributed by atoms with Crippen LogP contribution in [-0.4, -0.2) is 13.4 Å². The molecule has 0 radical (unpaired) electrons. The minimum Gasteiger partial charge on any atom is -0.280 e. The number of hydrogen-bond acceptors (Lipinski definition) is 4. The number of aromatic nitrogens is 1. The van der Waals surface area contributed by atoms with Crippen LogP contribution in [0.2, 0.25) is 0 Å². The van der Waals surface area contributed by atoms with Crippen LogP contribution < -0.4 is 4.72 Å². The molecule has 3 rings (SSSR count). The van der Waals surface area contributed by atoms with E-state index in [1.54, 1.807) is 30.1 Å². The average molecular weight is 374 g/mol. The van der Waals surface area contributed by atoms with E-state index in [4.69, 9.17) is 0 Å². The zero-order chi connectivity index (χ0) is 17.7. The van der Waals surface area contributed by atoms with Crippen LogP contribution in [0.3, 0.4) is 0 Å². The van der Waals surface area contributed by atoms with E-state index >= 15 is 0 Å². The van der Waals surface area contributed by atoms with Gasteiger partial charge in [0, 0.05) is 28.7 Å². The third-order valence-corrected chi connectivity index (χ3v) is 5.86. The van der Waals surface area contributed by atoms with Gasteiger partial charge in [-0.1, -0.05) is 18.2 Å². The smallest absolute Gasteiger partial charge is 0.264 e. The molecule has 25 heavy (non-hydrogen) atoms. The molecule has 7 heteroatoms. The summed E-state index contributed by atoms with van der Waals surface area (Å²) in [6.07, 6.45) is 3.54. The molecule has 3 aromatic rings. The molecule has 1 heterocycles. The number of benzene rings is 2. The molecule has 0 aliphatic heterocycles. The van der Waals surface area contributed by atoms with Gasteiger partial charge in [0.05, 0.1) is 0 Å². The van der Waals surface area contributed by atoms with E-state index in [2.05, 4.69) is 9.71 Å². The van der Waals surface area contributed by atoms with Gasteiger partial charge in [-0.05, 0) is 48.0 Å². The Morgan fingerprint density at radius 1 is 1.00 bits per heavy atom. The molecule has 1 N–H and O–H groups in total. The zero-order valence-corrected chi connectivity index (χ0v) is 14.7. The number of thioether (sulfide) groups is 1. The summed E-state index contributed by atoms with van der Waals surface area (Å²) in [5.41, 5.74) is 1.49. The lowest BCUT2D eigenvalue weighted by Crippen LogP contribution is -2.14. The number of anilines is 1. The van der Waals surface area contributed by atoms with Crippen molar-refractivity contribution in [3.05, 3.63) is 84.4 Å². The first-order valence-electron chi connectivity index (χ1n) is 7.44. The van der Waals surface area contributed by atoms with Crippen LogP contribution in [0.15, 0.2) is 82.8 Å². The fraction of sp³-hybridized carbons (Fsp3) is 0.0556. The van der Waals surface area contributed by atoms with Crippen LogP contribution >= 0.6 is 11.8 Å². The Morgan fingerprint density at radius 2 is 1.76 bits per heavy atom. The summed E-state index contributed by atoms with van der Waals surface area (Å²) < 4.78 is 40.6. The summed E-state index contributed by atoms with van der Waals surface area (Å²) in [5, 5.41) is 0. The van der Waals surface area contributed by atoms with Gasteiger partial charge >= 0.3 is 0 Å². The second-order valence-corrected chi connectivity index (χ2v) is 7.91. The Bertz CT molecular complexity index is 946. The third kappa shape index (κ3) is 4.58. The van der Waals surface area contributed by atoms with Gasteiger partial charge in [-0.15, -0.1) is 11.8 Å². The van der Waals surface area contributed by atoms with Crippen molar-refractivity contribution in [2.24, 2.45) is 0 Å². The second-order valence-electron chi connectivity index (χ2n) is 5.21. The molecule has 128 valence electrons. The molecule has 0 aliphatic rings. The first-order chi connectivity index (χ1) is 12.0. The largest absolute Gasteiger partial charge is 0.280 e. The number of halogens is 1. The minimum atomic E-state index is -3.95. The fourth-order valence-corrected chi connectivity index (χ4v) is 4.11. The van der Waals surface area contributed by atoms with Gasteiger partial charge in [0.1, 0.15) is 10.7 Å². The molecule has 0 saturated heterocycles. The van der Waals surface area contributed by atoms with E-state index in [0.29, 0.717) is 5.69 Å². The van der Waals surface area contributed by atoms with Crippen LogP contribution in [0.25, 0.3) is 0 Å². The average Bonchev–Trinajstić information content (AvgIpc) is 2.62. The maximum atomic E-state index is 13.7. The van der Waals surface area contributed by atoms with Gasteiger partial charge in [-0.3, -0.25) is 9.71 Å². The topological polar surface area (TPSA) is 59.1 Å². The predicted octanol–water partition coefficient (Wildman–Crippen LogP) is 4.31. The van der Waals surface area contributed by atoms with Crippen molar-refractivity contribution in [3.8, 4) is 0 Å². The third-order valence-electron chi connectivity index (χ3n) is 3.36. The van der Waals surface area contributed by atoms with E-state index in [9.17, 15) is 12.8 Å². The van der Waals surface area contributed by atoms with Crippen LogP contribution in [0.4, 0.5) is 10.1 Å². The Labute approximate surface area is 150 Å². The number of hydrogen-bond donors (Lipinski definition) is 1. The first kappa shape index (κ1) is 17.4. The monoisotopic (exact) mass is 374 g/mol. The van der Waals surface area contributed by atoms with Gasteiger partial charge < -0.3 is 0 Å². The van der Waals surface area contributed by atoms with Gasteiger partial charge in [-0.25, -0.2) is 12.8 Å². The van der Waals surface area contributed by atoms with Gasteiger partial charge in [0.2, 0.25) is 0 Å². The first-order valence-corrected chi connectivity index (χ1v) is 9.90. The molecule has 2 aromatic carbocycles. The minimum absolute atomic E-state index is 0.370. The van der Waals surface area contributed by atoms with Crippen LogP contribution in [-0.2, 0) is 15.8 Å². The highest BCUT2D eigenvalue weighted by Gasteiger charge is 2.18. The quantitative estimate of drug-likeness (QED) is 0.653. The summed E-state index contributed by atoms with van der Waals surface area (Å²) in [6, 6.07) is 16.1. The number of sulfonamides is 1. The maximum Gasteiger partial charge on any atom is 0.264 e. The van der Waals surface area contributed by atoms with Crippen molar-refractivity contribution in [1.82, 2.24) is 4.98 Å². The number of pyridine rings is 1. The highest BCUT2D eigenvalue weighted by atomic mass is 32.2. The SMILES string of the molecule is O=S(=O)(Nc1ccc(SCc2cccnc2)cc1)c1ccccc1F.